The molecule has 5 aromatic rings. The van der Waals surface area contributed by atoms with Gasteiger partial charge in [-0.25, -0.2) is 13.2 Å². The minimum atomic E-state index is -4.12. The van der Waals surface area contributed by atoms with Crippen LogP contribution < -0.4 is 9.21 Å². The summed E-state index contributed by atoms with van der Waals surface area (Å²) in [5.41, 5.74) is 5.65. The van der Waals surface area contributed by atoms with Gasteiger partial charge in [0, 0.05) is 49.2 Å². The number of carbonyl (C=O) groups is 2. The molecule has 9 nitrogen and oxygen atoms in total. The fraction of sp³-hybridized carbons (Fsp3) is 0.243. The second kappa shape index (κ2) is 13.0. The molecule has 0 bridgehead atoms. The summed E-state index contributed by atoms with van der Waals surface area (Å²) in [5, 5.41) is 9.98. The molecule has 4 aromatic carbocycles. The van der Waals surface area contributed by atoms with Gasteiger partial charge in [0.15, 0.2) is 0 Å². The highest BCUT2D eigenvalue weighted by Crippen LogP contribution is 2.36. The van der Waals surface area contributed by atoms with Gasteiger partial charge in [-0.2, -0.15) is 0 Å². The number of carbonyl (C=O) groups excluding carboxylic acids is 1. The summed E-state index contributed by atoms with van der Waals surface area (Å²) < 4.78 is 36.0. The highest BCUT2D eigenvalue weighted by Gasteiger charge is 2.31. The molecule has 1 saturated heterocycles. The first kappa shape index (κ1) is 31.9. The molecule has 6 rings (SSSR count). The van der Waals surface area contributed by atoms with Gasteiger partial charge in [-0.15, -0.1) is 0 Å². The summed E-state index contributed by atoms with van der Waals surface area (Å²) in [6.07, 6.45) is 0.475. The van der Waals surface area contributed by atoms with Crippen molar-refractivity contribution in [1.82, 2.24) is 4.90 Å². The molecule has 10 heteroatoms. The van der Waals surface area contributed by atoms with Crippen molar-refractivity contribution in [2.45, 2.75) is 32.1 Å². The average molecular weight is 652 g/mol. The van der Waals surface area contributed by atoms with E-state index in [0.717, 1.165) is 22.4 Å². The quantitative estimate of drug-likeness (QED) is 0.195. The normalized spacial score (nSPS) is 13.6. The Balaban J connectivity index is 1.33. The van der Waals surface area contributed by atoms with E-state index >= 15 is 0 Å². The Bertz CT molecular complexity index is 2060. The van der Waals surface area contributed by atoms with Gasteiger partial charge < -0.3 is 19.3 Å². The van der Waals surface area contributed by atoms with E-state index in [-0.39, 0.29) is 23.1 Å². The van der Waals surface area contributed by atoms with Crippen molar-refractivity contribution in [1.29, 1.82) is 0 Å². The van der Waals surface area contributed by atoms with Crippen molar-refractivity contribution in [3.63, 3.8) is 0 Å². The molecular formula is C37H37N3O6S. The van der Waals surface area contributed by atoms with Crippen molar-refractivity contribution in [3.05, 3.63) is 125 Å². The van der Waals surface area contributed by atoms with Crippen molar-refractivity contribution in [2.75, 3.05) is 41.9 Å². The van der Waals surface area contributed by atoms with Crippen LogP contribution in [-0.2, 0) is 16.4 Å². The largest absolute Gasteiger partial charge is 0.475 e. The number of nitrogens with zero attached hydrogens (tertiary/aromatic N) is 3. The lowest BCUT2D eigenvalue weighted by Crippen LogP contribution is -2.49. The average Bonchev–Trinajstić information content (AvgIpc) is 3.42. The number of aromatic carboxylic acids is 1. The molecule has 1 fully saturated rings. The van der Waals surface area contributed by atoms with Crippen molar-refractivity contribution in [3.8, 4) is 0 Å². The third kappa shape index (κ3) is 6.33. The Kier molecular flexibility index (Phi) is 8.79. The number of fused-ring (bicyclic) bond motifs is 1. The van der Waals surface area contributed by atoms with Crippen LogP contribution in [-0.4, -0.2) is 63.0 Å². The molecule has 1 amide bonds. The summed E-state index contributed by atoms with van der Waals surface area (Å²) in [5.74, 6) is -1.42. The molecular weight excluding hydrogens is 614 g/mol. The Labute approximate surface area is 274 Å². The predicted molar refractivity (Wildman–Crippen MR) is 183 cm³/mol. The lowest BCUT2D eigenvalue weighted by molar-refractivity contribution is 0.0663. The van der Waals surface area contributed by atoms with Crippen LogP contribution in [0, 0.1) is 20.8 Å². The first-order chi connectivity index (χ1) is 22.5. The zero-order chi connectivity index (χ0) is 33.3. The van der Waals surface area contributed by atoms with Gasteiger partial charge >= 0.3 is 5.97 Å². The highest BCUT2D eigenvalue weighted by molar-refractivity contribution is 7.92. The SMILES string of the molecule is Cc1ccc(C)c(C(=O)N2CCN(c3ccccc3N(CCc3ccccc3)S(=O)(=O)c3ccc4oc(C(=O)O)c(C)c4c3)CC2)c1. The number of carboxylic acids is 1. The number of furan rings is 1. The molecule has 1 N–H and O–H groups in total. The van der Waals surface area contributed by atoms with E-state index in [9.17, 15) is 23.1 Å². The number of hydrogen-bond acceptors (Lipinski definition) is 6. The maximum absolute atomic E-state index is 14.5. The lowest BCUT2D eigenvalue weighted by Gasteiger charge is -2.38. The number of piperazine rings is 1. The molecule has 0 spiro atoms. The number of sulfonamides is 1. The molecule has 1 aromatic heterocycles. The zero-order valence-corrected chi connectivity index (χ0v) is 27.5. The number of anilines is 2. The predicted octanol–water partition coefficient (Wildman–Crippen LogP) is 6.46. The van der Waals surface area contributed by atoms with Crippen LogP contribution in [0.2, 0.25) is 0 Å². The van der Waals surface area contributed by atoms with Gasteiger partial charge in [0.2, 0.25) is 5.76 Å². The van der Waals surface area contributed by atoms with E-state index in [4.69, 9.17) is 4.42 Å². The third-order valence-electron chi connectivity index (χ3n) is 8.82. The topological polar surface area (TPSA) is 111 Å². The van der Waals surface area contributed by atoms with Crippen LogP contribution in [0.5, 0.6) is 0 Å². The molecule has 1 aliphatic heterocycles. The maximum atomic E-state index is 14.5. The molecule has 47 heavy (non-hydrogen) atoms. The Morgan fingerprint density at radius 2 is 1.55 bits per heavy atom. The second-order valence-electron chi connectivity index (χ2n) is 11.9. The number of carboxylic acid groups (broad SMARTS) is 1. The van der Waals surface area contributed by atoms with Crippen molar-refractivity contribution < 1.29 is 27.5 Å². The van der Waals surface area contributed by atoms with E-state index in [1.54, 1.807) is 6.92 Å². The number of aryl methyl sites for hydroxylation is 3. The molecule has 0 radical (unpaired) electrons. The summed E-state index contributed by atoms with van der Waals surface area (Å²) in [7, 11) is -4.12. The molecule has 0 atom stereocenters. The first-order valence-electron chi connectivity index (χ1n) is 15.6. The summed E-state index contributed by atoms with van der Waals surface area (Å²) in [6.45, 7) is 7.79. The lowest BCUT2D eigenvalue weighted by atomic mass is 10.0. The fourth-order valence-corrected chi connectivity index (χ4v) is 7.67. The fourth-order valence-electron chi connectivity index (χ4n) is 6.17. The second-order valence-corrected chi connectivity index (χ2v) is 13.8. The Hall–Kier alpha value is -5.09. The van der Waals surface area contributed by atoms with Gasteiger partial charge in [0.05, 0.1) is 16.3 Å². The van der Waals surface area contributed by atoms with Gasteiger partial charge in [0.25, 0.3) is 15.9 Å². The van der Waals surface area contributed by atoms with E-state index in [2.05, 4.69) is 4.90 Å². The number of amides is 1. The van der Waals surface area contributed by atoms with Crippen LogP contribution >= 0.6 is 0 Å². The molecule has 0 saturated carbocycles. The number of rotatable bonds is 9. The van der Waals surface area contributed by atoms with Gasteiger partial charge in [-0.05, 0) is 74.7 Å². The molecule has 1 aliphatic rings. The van der Waals surface area contributed by atoms with Crippen LogP contribution in [0.1, 0.15) is 43.2 Å². The molecule has 0 aliphatic carbocycles. The Morgan fingerprint density at radius 1 is 0.851 bits per heavy atom. The Morgan fingerprint density at radius 3 is 2.28 bits per heavy atom. The van der Waals surface area contributed by atoms with Crippen LogP contribution in [0.3, 0.4) is 0 Å². The maximum Gasteiger partial charge on any atom is 0.372 e. The summed E-state index contributed by atoms with van der Waals surface area (Å²) >= 11 is 0. The minimum Gasteiger partial charge on any atom is -0.475 e. The summed E-state index contributed by atoms with van der Waals surface area (Å²) in [4.78, 5) is 29.2. The van der Waals surface area contributed by atoms with Gasteiger partial charge in [-0.3, -0.25) is 9.10 Å². The zero-order valence-electron chi connectivity index (χ0n) is 26.6. The van der Waals surface area contributed by atoms with Crippen molar-refractivity contribution in [2.24, 2.45) is 0 Å². The molecule has 0 unspecified atom stereocenters. The van der Waals surface area contributed by atoms with E-state index in [1.165, 1.54) is 22.5 Å². The number of benzene rings is 4. The third-order valence-corrected chi connectivity index (χ3v) is 10.6. The summed E-state index contributed by atoms with van der Waals surface area (Å²) in [6, 6.07) is 27.5. The van der Waals surface area contributed by atoms with E-state index < -0.39 is 16.0 Å². The highest BCUT2D eigenvalue weighted by atomic mass is 32.2. The van der Waals surface area contributed by atoms with E-state index in [0.29, 0.717) is 60.4 Å². The monoisotopic (exact) mass is 651 g/mol. The molecule has 242 valence electrons. The van der Waals surface area contributed by atoms with E-state index in [1.807, 2.05) is 91.5 Å². The van der Waals surface area contributed by atoms with Crippen molar-refractivity contribution >= 4 is 44.2 Å². The minimum absolute atomic E-state index is 0.00203. The van der Waals surface area contributed by atoms with Gasteiger partial charge in [-0.1, -0.05) is 60.2 Å². The number of hydrogen-bond donors (Lipinski definition) is 1. The van der Waals surface area contributed by atoms with Crippen LogP contribution in [0.15, 0.2) is 100 Å². The van der Waals surface area contributed by atoms with Crippen LogP contribution in [0.4, 0.5) is 11.4 Å². The smallest absolute Gasteiger partial charge is 0.372 e. The molecule has 2 heterocycles. The first-order valence-corrected chi connectivity index (χ1v) is 17.0. The van der Waals surface area contributed by atoms with Crippen LogP contribution in [0.25, 0.3) is 11.0 Å². The number of para-hydroxylation sites is 2. The standard InChI is InChI=1S/C37H37N3O6S/c1-25-13-14-26(2)30(23-25)36(41)39-21-19-38(20-22-39)32-11-7-8-12-33(32)40(18-17-28-9-5-4-6-10-28)47(44,45)29-15-16-34-31(24-29)27(3)35(46-34)37(42)43/h4-16,23-24H,17-22H2,1-3H3,(H,42,43). The van der Waals surface area contributed by atoms with Gasteiger partial charge in [0.1, 0.15) is 5.58 Å².